The van der Waals surface area contributed by atoms with E-state index in [0.717, 1.165) is 0 Å². The van der Waals surface area contributed by atoms with Crippen LogP contribution < -0.4 is 31.5 Å². The summed E-state index contributed by atoms with van der Waals surface area (Å²) < 4.78 is 0. The number of anilines is 4. The van der Waals surface area contributed by atoms with Crippen molar-refractivity contribution in [2.45, 2.75) is 6.92 Å². The average Bonchev–Trinajstić information content (AvgIpc) is 3.14. The molecule has 7 aromatic carbocycles. The highest BCUT2D eigenvalue weighted by atomic mass is 15.1. The standard InChI is InChI=1S/C43H28B2N2/c1-27-21-23-35-32(25-27)33-26-29(28-11-3-2-4-12-28)22-24-39(33)47-41-20-9-16-36-42(41)43-37(45(35)47)17-10-19-40(43)46-38-18-8-6-14-31(38)30-13-5-7-15-34(30)44(36)46/h2-26H,1H3. The highest BCUT2D eigenvalue weighted by molar-refractivity contribution is 6.96. The Balaban J connectivity index is 1.23. The Bertz CT molecular complexity index is 2470. The minimum absolute atomic E-state index is 0.0715. The van der Waals surface area contributed by atoms with Gasteiger partial charge in [-0.05, 0) is 81.4 Å². The Morgan fingerprint density at radius 2 is 0.936 bits per heavy atom. The molecular weight excluding hydrogens is 566 g/mol. The molecule has 0 saturated carbocycles. The third kappa shape index (κ3) is 3.27. The van der Waals surface area contributed by atoms with Crippen molar-refractivity contribution < 1.29 is 0 Å². The normalized spacial score (nSPS) is 13.9. The molecule has 2 nitrogen and oxygen atoms in total. The molecule has 0 spiro atoms. The van der Waals surface area contributed by atoms with Crippen LogP contribution in [0.5, 0.6) is 0 Å². The molecule has 11 rings (SSSR count). The largest absolute Gasteiger partial charge is 0.376 e. The summed E-state index contributed by atoms with van der Waals surface area (Å²) >= 11 is 0. The second-order valence-corrected chi connectivity index (χ2v) is 13.3. The SMILES string of the molecule is Cc1ccc2c(c1)-c1cc(-c3ccccc3)ccc1N1B2c2cccc3c2-c2c(cccc21)B1c2ccccc2-c2ccccc2N13. The molecule has 0 aliphatic carbocycles. The van der Waals surface area contributed by atoms with Gasteiger partial charge in [0.05, 0.1) is 0 Å². The summed E-state index contributed by atoms with van der Waals surface area (Å²) in [6.07, 6.45) is 0. The number of aryl methyl sites for hydroxylation is 1. The molecule has 0 bridgehead atoms. The number of fused-ring (bicyclic) bond motifs is 16. The van der Waals surface area contributed by atoms with Gasteiger partial charge in [-0.2, -0.15) is 0 Å². The Morgan fingerprint density at radius 3 is 1.68 bits per heavy atom. The van der Waals surface area contributed by atoms with Crippen molar-refractivity contribution in [2.75, 3.05) is 9.62 Å². The lowest BCUT2D eigenvalue weighted by Gasteiger charge is -2.49. The first-order valence-corrected chi connectivity index (χ1v) is 16.6. The maximum Gasteiger partial charge on any atom is 0.329 e. The first-order chi connectivity index (χ1) is 23.3. The minimum atomic E-state index is 0.0715. The second-order valence-electron chi connectivity index (χ2n) is 13.3. The van der Waals surface area contributed by atoms with Gasteiger partial charge in [-0.1, -0.05) is 127 Å². The van der Waals surface area contributed by atoms with Gasteiger partial charge < -0.3 is 9.62 Å². The van der Waals surface area contributed by atoms with Crippen molar-refractivity contribution in [1.29, 1.82) is 0 Å². The van der Waals surface area contributed by atoms with E-state index < -0.39 is 0 Å². The van der Waals surface area contributed by atoms with Crippen LogP contribution in [0.25, 0.3) is 44.5 Å². The maximum absolute atomic E-state index is 2.64. The van der Waals surface area contributed by atoms with Gasteiger partial charge in [0.2, 0.25) is 0 Å². The Hall–Kier alpha value is -5.73. The molecule has 4 heteroatoms. The molecule has 216 valence electrons. The molecule has 0 aromatic heterocycles. The molecule has 0 saturated heterocycles. The van der Waals surface area contributed by atoms with Crippen molar-refractivity contribution >= 4 is 58.3 Å². The predicted molar refractivity (Wildman–Crippen MR) is 200 cm³/mol. The molecule has 4 heterocycles. The van der Waals surface area contributed by atoms with Crippen LogP contribution in [-0.4, -0.2) is 13.7 Å². The van der Waals surface area contributed by atoms with E-state index in [1.807, 2.05) is 0 Å². The van der Waals surface area contributed by atoms with Gasteiger partial charge in [0.1, 0.15) is 0 Å². The highest BCUT2D eigenvalue weighted by Gasteiger charge is 2.49. The fraction of sp³-hybridized carbons (Fsp3) is 0.0233. The molecule has 0 atom stereocenters. The first-order valence-electron chi connectivity index (χ1n) is 16.6. The van der Waals surface area contributed by atoms with Gasteiger partial charge in [0, 0.05) is 45.0 Å². The topological polar surface area (TPSA) is 6.48 Å². The summed E-state index contributed by atoms with van der Waals surface area (Å²) in [7, 11) is 0. The van der Waals surface area contributed by atoms with E-state index in [1.54, 1.807) is 0 Å². The molecule has 0 N–H and O–H groups in total. The van der Waals surface area contributed by atoms with Crippen LogP contribution in [0.1, 0.15) is 5.56 Å². The van der Waals surface area contributed by atoms with E-state index in [2.05, 4.69) is 168 Å². The lowest BCUT2D eigenvalue weighted by atomic mass is 9.38. The predicted octanol–water partition coefficient (Wildman–Crippen LogP) is 7.80. The van der Waals surface area contributed by atoms with Crippen LogP contribution in [0.15, 0.2) is 152 Å². The van der Waals surface area contributed by atoms with E-state index in [0.29, 0.717) is 0 Å². The molecular formula is C43H28B2N2. The van der Waals surface area contributed by atoms with Gasteiger partial charge in [-0.15, -0.1) is 0 Å². The third-order valence-electron chi connectivity index (χ3n) is 10.9. The summed E-state index contributed by atoms with van der Waals surface area (Å²) in [5.41, 5.74) is 22.4. The minimum Gasteiger partial charge on any atom is -0.376 e. The van der Waals surface area contributed by atoms with E-state index in [9.17, 15) is 0 Å². The fourth-order valence-corrected chi connectivity index (χ4v) is 9.03. The molecule has 0 unspecified atom stereocenters. The number of para-hydroxylation sites is 1. The Morgan fingerprint density at radius 1 is 0.362 bits per heavy atom. The molecule has 0 radical (unpaired) electrons. The van der Waals surface area contributed by atoms with Crippen molar-refractivity contribution in [3.05, 3.63) is 157 Å². The number of nitrogens with zero attached hydrogens (tertiary/aromatic N) is 2. The number of benzene rings is 7. The molecule has 0 amide bonds. The molecule has 47 heavy (non-hydrogen) atoms. The van der Waals surface area contributed by atoms with Gasteiger partial charge in [0.25, 0.3) is 0 Å². The average molecular weight is 594 g/mol. The van der Waals surface area contributed by atoms with Crippen molar-refractivity contribution in [3.63, 3.8) is 0 Å². The maximum atomic E-state index is 2.64. The molecule has 4 aliphatic rings. The van der Waals surface area contributed by atoms with E-state index in [1.165, 1.54) is 94.7 Å². The lowest BCUT2D eigenvalue weighted by Crippen LogP contribution is -2.65. The quantitative estimate of drug-likeness (QED) is 0.179. The van der Waals surface area contributed by atoms with Crippen LogP contribution in [0.2, 0.25) is 0 Å². The molecule has 7 aromatic rings. The van der Waals surface area contributed by atoms with E-state index in [4.69, 9.17) is 0 Å². The first kappa shape index (κ1) is 25.5. The summed E-state index contributed by atoms with van der Waals surface area (Å²) in [4.78, 5) is 5.27. The van der Waals surface area contributed by atoms with Crippen molar-refractivity contribution in [2.24, 2.45) is 0 Å². The zero-order valence-electron chi connectivity index (χ0n) is 26.0. The monoisotopic (exact) mass is 594 g/mol. The Kier molecular flexibility index (Phi) is 4.97. The summed E-state index contributed by atoms with van der Waals surface area (Å²) in [5, 5.41) is 0. The van der Waals surface area contributed by atoms with Crippen LogP contribution in [0.4, 0.5) is 22.7 Å². The number of hydrogen-bond donors (Lipinski definition) is 0. The van der Waals surface area contributed by atoms with Crippen molar-refractivity contribution in [3.8, 4) is 44.5 Å². The number of hydrogen-bond acceptors (Lipinski definition) is 2. The fourth-order valence-electron chi connectivity index (χ4n) is 9.03. The number of rotatable bonds is 1. The molecule has 0 fully saturated rings. The van der Waals surface area contributed by atoms with Crippen LogP contribution in [-0.2, 0) is 0 Å². The van der Waals surface area contributed by atoms with E-state index >= 15 is 0 Å². The van der Waals surface area contributed by atoms with Gasteiger partial charge in [-0.25, -0.2) is 0 Å². The lowest BCUT2D eigenvalue weighted by molar-refractivity contribution is 1.31. The van der Waals surface area contributed by atoms with Crippen molar-refractivity contribution in [1.82, 2.24) is 0 Å². The smallest absolute Gasteiger partial charge is 0.329 e. The summed E-state index contributed by atoms with van der Waals surface area (Å²) in [6.45, 7) is 2.38. The van der Waals surface area contributed by atoms with Gasteiger partial charge >= 0.3 is 13.7 Å². The zero-order chi connectivity index (χ0) is 30.8. The van der Waals surface area contributed by atoms with Gasteiger partial charge in [0.15, 0.2) is 0 Å². The summed E-state index contributed by atoms with van der Waals surface area (Å²) in [6, 6.07) is 56.9. The van der Waals surface area contributed by atoms with Gasteiger partial charge in [-0.3, -0.25) is 0 Å². The zero-order valence-corrected chi connectivity index (χ0v) is 26.0. The molecule has 4 aliphatic heterocycles. The van der Waals surface area contributed by atoms with Crippen LogP contribution >= 0.6 is 0 Å². The highest BCUT2D eigenvalue weighted by Crippen LogP contribution is 2.52. The van der Waals surface area contributed by atoms with Crippen LogP contribution in [0, 0.1) is 6.92 Å². The van der Waals surface area contributed by atoms with Crippen LogP contribution in [0.3, 0.4) is 0 Å². The third-order valence-corrected chi connectivity index (χ3v) is 10.9. The second kappa shape index (κ2) is 9.18. The Labute approximate surface area is 275 Å². The van der Waals surface area contributed by atoms with E-state index in [-0.39, 0.29) is 13.7 Å². The summed E-state index contributed by atoms with van der Waals surface area (Å²) in [5.74, 6) is 0.